The van der Waals surface area contributed by atoms with E-state index in [2.05, 4.69) is 10.3 Å². The maximum Gasteiger partial charge on any atom is 0.417 e. The van der Waals surface area contributed by atoms with Crippen molar-refractivity contribution in [2.45, 2.75) is 25.1 Å². The van der Waals surface area contributed by atoms with E-state index in [-0.39, 0.29) is 22.9 Å². The Kier molecular flexibility index (Phi) is 7.43. The lowest BCUT2D eigenvalue weighted by Crippen LogP contribution is -2.43. The van der Waals surface area contributed by atoms with Crippen LogP contribution >= 0.6 is 11.6 Å². The van der Waals surface area contributed by atoms with Gasteiger partial charge < -0.3 is 15.1 Å². The molecule has 1 N–H and O–H groups in total. The number of hydrogen-bond donors (Lipinski definition) is 1. The number of carbonyl (C=O) groups is 1. The third-order valence-corrected chi connectivity index (χ3v) is 5.66. The molecule has 0 spiro atoms. The van der Waals surface area contributed by atoms with Crippen molar-refractivity contribution >= 4 is 23.3 Å². The number of rotatable bonds is 6. The van der Waals surface area contributed by atoms with Crippen LogP contribution in [0.4, 0.5) is 19.0 Å². The fourth-order valence-corrected chi connectivity index (χ4v) is 4.03. The SMILES string of the molecule is CN(C)CC(NC(=O)C1CCN(c2ncc(C(F)(F)F)cc2Cl)CC1)c1ccccc1. The first-order valence-corrected chi connectivity index (χ1v) is 10.5. The number of benzene rings is 1. The van der Waals surface area contributed by atoms with Crippen LogP contribution in [0.2, 0.25) is 5.02 Å². The Balaban J connectivity index is 1.61. The maximum atomic E-state index is 12.9. The average molecular weight is 455 g/mol. The second-order valence-corrected chi connectivity index (χ2v) is 8.43. The summed E-state index contributed by atoms with van der Waals surface area (Å²) in [6.07, 6.45) is -2.53. The van der Waals surface area contributed by atoms with Crippen LogP contribution in [0, 0.1) is 5.92 Å². The molecule has 1 aromatic heterocycles. The van der Waals surface area contributed by atoms with Gasteiger partial charge in [0.1, 0.15) is 5.82 Å². The highest BCUT2D eigenvalue weighted by molar-refractivity contribution is 6.33. The maximum absolute atomic E-state index is 12.9. The number of piperidine rings is 1. The Morgan fingerprint density at radius 2 is 1.90 bits per heavy atom. The minimum absolute atomic E-state index is 0.0122. The molecule has 3 rings (SSSR count). The van der Waals surface area contributed by atoms with Crippen LogP contribution in [0.25, 0.3) is 0 Å². The molecule has 1 unspecified atom stereocenters. The van der Waals surface area contributed by atoms with Crippen molar-refractivity contribution < 1.29 is 18.0 Å². The molecule has 0 saturated carbocycles. The summed E-state index contributed by atoms with van der Waals surface area (Å²) in [5.41, 5.74) is 0.172. The van der Waals surface area contributed by atoms with Crippen LogP contribution < -0.4 is 10.2 Å². The van der Waals surface area contributed by atoms with Gasteiger partial charge in [-0.3, -0.25) is 4.79 Å². The molecule has 0 aliphatic carbocycles. The molecule has 1 fully saturated rings. The zero-order chi connectivity index (χ0) is 22.6. The predicted octanol–water partition coefficient (Wildman–Crippen LogP) is 4.39. The topological polar surface area (TPSA) is 48.5 Å². The Labute approximate surface area is 185 Å². The Morgan fingerprint density at radius 1 is 1.26 bits per heavy atom. The van der Waals surface area contributed by atoms with Crippen LogP contribution in [0.15, 0.2) is 42.6 Å². The van der Waals surface area contributed by atoms with Gasteiger partial charge in [-0.1, -0.05) is 41.9 Å². The number of amides is 1. The van der Waals surface area contributed by atoms with Crippen molar-refractivity contribution in [2.24, 2.45) is 5.92 Å². The largest absolute Gasteiger partial charge is 0.417 e. The third-order valence-electron chi connectivity index (χ3n) is 5.38. The van der Waals surface area contributed by atoms with Gasteiger partial charge in [0.15, 0.2) is 0 Å². The van der Waals surface area contributed by atoms with Gasteiger partial charge in [0, 0.05) is 31.7 Å². The summed E-state index contributed by atoms with van der Waals surface area (Å²) < 4.78 is 38.5. The van der Waals surface area contributed by atoms with E-state index in [4.69, 9.17) is 11.6 Å². The van der Waals surface area contributed by atoms with E-state index in [1.165, 1.54) is 0 Å². The molecule has 5 nitrogen and oxygen atoms in total. The van der Waals surface area contributed by atoms with E-state index in [9.17, 15) is 18.0 Å². The number of hydrogen-bond acceptors (Lipinski definition) is 4. The molecule has 1 atom stereocenters. The molecular weight excluding hydrogens is 429 g/mol. The first kappa shape index (κ1) is 23.3. The fourth-order valence-electron chi connectivity index (χ4n) is 3.75. The van der Waals surface area contributed by atoms with E-state index < -0.39 is 11.7 Å². The first-order valence-electron chi connectivity index (χ1n) is 10.1. The molecule has 9 heteroatoms. The molecular formula is C22H26ClF3N4O. The summed E-state index contributed by atoms with van der Waals surface area (Å²) in [6, 6.07) is 10.6. The minimum Gasteiger partial charge on any atom is -0.355 e. The molecule has 2 aromatic rings. The molecule has 0 radical (unpaired) electrons. The van der Waals surface area contributed by atoms with Crippen LogP contribution in [0.3, 0.4) is 0 Å². The van der Waals surface area contributed by atoms with E-state index in [0.29, 0.717) is 38.3 Å². The molecule has 0 bridgehead atoms. The smallest absolute Gasteiger partial charge is 0.355 e. The zero-order valence-corrected chi connectivity index (χ0v) is 18.2. The average Bonchev–Trinajstić information content (AvgIpc) is 2.73. The standard InChI is InChI=1S/C22H26ClF3N4O/c1-29(2)14-19(15-6-4-3-5-7-15)28-21(31)16-8-10-30(11-9-16)20-18(23)12-17(13-27-20)22(24,25)26/h3-7,12-13,16,19H,8-11,14H2,1-2H3,(H,28,31). The lowest BCUT2D eigenvalue weighted by Gasteiger charge is -2.33. The highest BCUT2D eigenvalue weighted by Crippen LogP contribution is 2.34. The molecule has 1 aliphatic heterocycles. The van der Waals surface area contributed by atoms with Crippen molar-refractivity contribution in [2.75, 3.05) is 38.6 Å². The van der Waals surface area contributed by atoms with E-state index >= 15 is 0 Å². The first-order chi connectivity index (χ1) is 14.6. The van der Waals surface area contributed by atoms with Crippen molar-refractivity contribution in [3.8, 4) is 0 Å². The van der Waals surface area contributed by atoms with Crippen molar-refractivity contribution in [1.29, 1.82) is 0 Å². The number of pyridine rings is 1. The quantitative estimate of drug-likeness (QED) is 0.703. The summed E-state index contributed by atoms with van der Waals surface area (Å²) in [6.45, 7) is 1.68. The number of anilines is 1. The third kappa shape index (κ3) is 6.11. The number of nitrogens with one attached hydrogen (secondary N) is 1. The van der Waals surface area contributed by atoms with Crippen LogP contribution in [0.1, 0.15) is 30.0 Å². The van der Waals surface area contributed by atoms with Crippen molar-refractivity contribution in [1.82, 2.24) is 15.2 Å². The molecule has 1 aromatic carbocycles. The lowest BCUT2D eigenvalue weighted by atomic mass is 9.95. The summed E-state index contributed by atoms with van der Waals surface area (Å²) in [7, 11) is 3.92. The highest BCUT2D eigenvalue weighted by atomic mass is 35.5. The van der Waals surface area contributed by atoms with Gasteiger partial charge in [0.25, 0.3) is 0 Å². The van der Waals surface area contributed by atoms with Gasteiger partial charge in [-0.25, -0.2) is 4.98 Å². The molecule has 1 amide bonds. The van der Waals surface area contributed by atoms with Crippen LogP contribution in [0.5, 0.6) is 0 Å². The van der Waals surface area contributed by atoms with Gasteiger partial charge in [-0.05, 0) is 38.6 Å². The monoisotopic (exact) mass is 454 g/mol. The Morgan fingerprint density at radius 3 is 2.45 bits per heavy atom. The summed E-state index contributed by atoms with van der Waals surface area (Å²) in [5.74, 6) is 0.142. The summed E-state index contributed by atoms with van der Waals surface area (Å²) in [5, 5.41) is 3.12. The van der Waals surface area contributed by atoms with Gasteiger partial charge in [0.05, 0.1) is 16.6 Å². The number of alkyl halides is 3. The Hall–Kier alpha value is -2.32. The molecule has 1 aliphatic rings. The summed E-state index contributed by atoms with van der Waals surface area (Å²) >= 11 is 6.06. The fraction of sp³-hybridized carbons (Fsp3) is 0.455. The summed E-state index contributed by atoms with van der Waals surface area (Å²) in [4.78, 5) is 20.7. The van der Waals surface area contributed by atoms with E-state index in [1.54, 1.807) is 0 Å². The number of nitrogens with zero attached hydrogens (tertiary/aromatic N) is 3. The van der Waals surface area contributed by atoms with Gasteiger partial charge in [0.2, 0.25) is 5.91 Å². The molecule has 31 heavy (non-hydrogen) atoms. The van der Waals surface area contributed by atoms with Crippen LogP contribution in [-0.4, -0.2) is 49.5 Å². The lowest BCUT2D eigenvalue weighted by molar-refractivity contribution is -0.137. The van der Waals surface area contributed by atoms with Crippen LogP contribution in [-0.2, 0) is 11.0 Å². The van der Waals surface area contributed by atoms with E-state index in [0.717, 1.165) is 17.8 Å². The molecule has 168 valence electrons. The van der Waals surface area contributed by atoms with Gasteiger partial charge in [-0.2, -0.15) is 13.2 Å². The number of aromatic nitrogens is 1. The normalized spacial score (nSPS) is 16.4. The zero-order valence-electron chi connectivity index (χ0n) is 17.5. The van der Waals surface area contributed by atoms with Crippen molar-refractivity contribution in [3.05, 3.63) is 58.7 Å². The van der Waals surface area contributed by atoms with E-state index in [1.807, 2.05) is 54.2 Å². The molecule has 1 saturated heterocycles. The van der Waals surface area contributed by atoms with Gasteiger partial charge >= 0.3 is 6.18 Å². The number of carbonyl (C=O) groups excluding carboxylic acids is 1. The highest BCUT2D eigenvalue weighted by Gasteiger charge is 2.33. The minimum atomic E-state index is -4.48. The Bertz CT molecular complexity index is 884. The second kappa shape index (κ2) is 9.87. The number of likely N-dealkylation sites (N-methyl/N-ethyl adjacent to an activating group) is 1. The predicted molar refractivity (Wildman–Crippen MR) is 115 cm³/mol. The molecule has 2 heterocycles. The van der Waals surface area contributed by atoms with Gasteiger partial charge in [-0.15, -0.1) is 0 Å². The number of halogens is 4. The second-order valence-electron chi connectivity index (χ2n) is 8.02. The van der Waals surface area contributed by atoms with Crippen molar-refractivity contribution in [3.63, 3.8) is 0 Å².